The summed E-state index contributed by atoms with van der Waals surface area (Å²) in [5.74, 6) is 0. The van der Waals surface area contributed by atoms with Crippen molar-refractivity contribution >= 4 is 0 Å². The van der Waals surface area contributed by atoms with E-state index >= 15 is 0 Å². The Labute approximate surface area is 204 Å². The van der Waals surface area contributed by atoms with E-state index in [-0.39, 0.29) is 24.8 Å². The molecule has 0 aromatic rings. The van der Waals surface area contributed by atoms with Crippen LogP contribution in [0, 0.1) is 0 Å². The molecule has 0 radical (unpaired) electrons. The third kappa shape index (κ3) is 28.5. The fraction of sp³-hybridized carbons (Fsp3) is 1.00. The molecule has 30 heavy (non-hydrogen) atoms. The minimum Gasteiger partial charge on any atom is -1.00 e. The second-order valence-electron chi connectivity index (χ2n) is 11.1. The first-order chi connectivity index (χ1) is 13.3. The van der Waals surface area contributed by atoms with Crippen LogP contribution in [-0.4, -0.2) is 63.8 Å². The second kappa shape index (κ2) is 22.7. The van der Waals surface area contributed by atoms with Crippen LogP contribution in [0.5, 0.6) is 0 Å². The van der Waals surface area contributed by atoms with Gasteiger partial charge in [0.15, 0.2) is 0 Å². The second-order valence-corrected chi connectivity index (χ2v) is 11.1. The third-order valence-corrected chi connectivity index (χ3v) is 6.21. The SMILES string of the molecule is CCCCCCCCCCCCCCCCCC[N+](C)(C)CCC[N+](C)(C)C.[Cl-].[Cl-]. The number of hydrogen-bond acceptors (Lipinski definition) is 0. The van der Waals surface area contributed by atoms with Crippen molar-refractivity contribution in [3.05, 3.63) is 0 Å². The predicted molar refractivity (Wildman–Crippen MR) is 129 cm³/mol. The van der Waals surface area contributed by atoms with Crippen LogP contribution in [-0.2, 0) is 0 Å². The van der Waals surface area contributed by atoms with Crippen LogP contribution in [0.2, 0.25) is 0 Å². The zero-order valence-corrected chi connectivity index (χ0v) is 23.3. The lowest BCUT2D eigenvalue weighted by Gasteiger charge is -2.31. The highest BCUT2D eigenvalue weighted by atomic mass is 35.5. The van der Waals surface area contributed by atoms with Gasteiger partial charge in [-0.05, 0) is 12.8 Å². The lowest BCUT2D eigenvalue weighted by Crippen LogP contribution is -3.00. The molecule has 0 atom stereocenters. The average Bonchev–Trinajstić information content (AvgIpc) is 2.60. The standard InChI is InChI=1S/C26H58N2.2ClH/c1-7-8-9-10-11-12-13-14-15-16-17-18-19-20-21-22-25-28(5,6)26-23-24-27(2,3)4;;/h7-26H2,1-6H3;2*1H/q+2;;/p-2. The number of hydrogen-bond donors (Lipinski definition) is 0. The molecular weight excluding hydrogens is 411 g/mol. The minimum absolute atomic E-state index is 0. The van der Waals surface area contributed by atoms with E-state index in [1.54, 1.807) is 0 Å². The van der Waals surface area contributed by atoms with Gasteiger partial charge in [0.05, 0.1) is 54.9 Å². The largest absolute Gasteiger partial charge is 1.00 e. The van der Waals surface area contributed by atoms with Crippen LogP contribution in [0.3, 0.4) is 0 Å². The van der Waals surface area contributed by atoms with Crippen molar-refractivity contribution in [3.63, 3.8) is 0 Å². The molecular formula is C26H58Cl2N2. The van der Waals surface area contributed by atoms with Gasteiger partial charge in [-0.1, -0.05) is 96.8 Å². The van der Waals surface area contributed by atoms with Crippen molar-refractivity contribution in [1.82, 2.24) is 0 Å². The molecule has 0 aliphatic carbocycles. The van der Waals surface area contributed by atoms with Gasteiger partial charge in [0, 0.05) is 6.42 Å². The van der Waals surface area contributed by atoms with Gasteiger partial charge in [-0.15, -0.1) is 0 Å². The van der Waals surface area contributed by atoms with Crippen LogP contribution in [0.25, 0.3) is 0 Å². The first-order valence-electron chi connectivity index (χ1n) is 12.9. The van der Waals surface area contributed by atoms with Crippen molar-refractivity contribution in [3.8, 4) is 0 Å². The van der Waals surface area contributed by atoms with E-state index in [0.717, 1.165) is 4.48 Å². The van der Waals surface area contributed by atoms with Crippen molar-refractivity contribution in [2.75, 3.05) is 54.9 Å². The van der Waals surface area contributed by atoms with Gasteiger partial charge < -0.3 is 33.8 Å². The Balaban J connectivity index is -0.00000364. The highest BCUT2D eigenvalue weighted by Gasteiger charge is 2.16. The van der Waals surface area contributed by atoms with Gasteiger partial charge in [0.2, 0.25) is 0 Å². The fourth-order valence-electron chi connectivity index (χ4n) is 4.17. The van der Waals surface area contributed by atoms with Gasteiger partial charge in [0.1, 0.15) is 0 Å². The van der Waals surface area contributed by atoms with E-state index < -0.39 is 0 Å². The summed E-state index contributed by atoms with van der Waals surface area (Å²) >= 11 is 0. The van der Waals surface area contributed by atoms with Gasteiger partial charge in [-0.2, -0.15) is 0 Å². The number of quaternary nitrogens is 2. The Morgan fingerprint density at radius 1 is 0.367 bits per heavy atom. The molecule has 0 aliphatic heterocycles. The molecule has 0 saturated heterocycles. The van der Waals surface area contributed by atoms with Crippen LogP contribution >= 0.6 is 0 Å². The van der Waals surface area contributed by atoms with Crippen LogP contribution in [0.1, 0.15) is 116 Å². The van der Waals surface area contributed by atoms with Crippen LogP contribution in [0.4, 0.5) is 0 Å². The number of rotatable bonds is 21. The van der Waals surface area contributed by atoms with E-state index in [1.165, 1.54) is 133 Å². The van der Waals surface area contributed by atoms with Crippen LogP contribution in [0.15, 0.2) is 0 Å². The van der Waals surface area contributed by atoms with E-state index in [0.29, 0.717) is 0 Å². The molecule has 0 heterocycles. The summed E-state index contributed by atoms with van der Waals surface area (Å²) in [6, 6.07) is 0. The van der Waals surface area contributed by atoms with Crippen molar-refractivity contribution in [1.29, 1.82) is 0 Å². The van der Waals surface area contributed by atoms with E-state index in [1.807, 2.05) is 0 Å². The van der Waals surface area contributed by atoms with Crippen molar-refractivity contribution < 1.29 is 33.8 Å². The first kappa shape index (κ1) is 35.1. The fourth-order valence-corrected chi connectivity index (χ4v) is 4.17. The monoisotopic (exact) mass is 468 g/mol. The smallest absolute Gasteiger partial charge is 0.0836 e. The zero-order chi connectivity index (χ0) is 21.1. The lowest BCUT2D eigenvalue weighted by atomic mass is 10.0. The molecule has 0 bridgehead atoms. The molecule has 0 unspecified atom stereocenters. The highest BCUT2D eigenvalue weighted by Crippen LogP contribution is 2.14. The molecule has 0 aliphatic rings. The Morgan fingerprint density at radius 2 is 0.667 bits per heavy atom. The molecule has 0 spiro atoms. The minimum atomic E-state index is 0. The zero-order valence-electron chi connectivity index (χ0n) is 21.8. The molecule has 0 aromatic carbocycles. The van der Waals surface area contributed by atoms with Gasteiger partial charge in [-0.3, -0.25) is 0 Å². The molecule has 0 aromatic heterocycles. The normalized spacial score (nSPS) is 11.8. The Kier molecular flexibility index (Phi) is 26.5. The number of halogens is 2. The summed E-state index contributed by atoms with van der Waals surface area (Å²) < 4.78 is 2.30. The Hall–Kier alpha value is 0.500. The van der Waals surface area contributed by atoms with Crippen molar-refractivity contribution in [2.45, 2.75) is 116 Å². The molecule has 0 rings (SSSR count). The van der Waals surface area contributed by atoms with E-state index in [9.17, 15) is 0 Å². The van der Waals surface area contributed by atoms with Gasteiger partial charge >= 0.3 is 0 Å². The molecule has 0 fully saturated rings. The maximum Gasteiger partial charge on any atom is 0.0836 e. The van der Waals surface area contributed by atoms with Gasteiger partial charge in [-0.25, -0.2) is 0 Å². The quantitative estimate of drug-likeness (QED) is 0.176. The summed E-state index contributed by atoms with van der Waals surface area (Å²) in [4.78, 5) is 0. The van der Waals surface area contributed by atoms with E-state index in [4.69, 9.17) is 0 Å². The topological polar surface area (TPSA) is 0 Å². The van der Waals surface area contributed by atoms with Crippen LogP contribution < -0.4 is 24.8 Å². The molecule has 4 heteroatoms. The maximum atomic E-state index is 2.42. The van der Waals surface area contributed by atoms with E-state index in [2.05, 4.69) is 42.2 Å². The molecule has 2 nitrogen and oxygen atoms in total. The summed E-state index contributed by atoms with van der Waals surface area (Å²) in [5, 5.41) is 0. The highest BCUT2D eigenvalue weighted by molar-refractivity contribution is 4.50. The summed E-state index contributed by atoms with van der Waals surface area (Å²) in [5.41, 5.74) is 0. The lowest BCUT2D eigenvalue weighted by molar-refractivity contribution is -0.902. The third-order valence-electron chi connectivity index (χ3n) is 6.21. The summed E-state index contributed by atoms with van der Waals surface area (Å²) in [6.45, 7) is 6.28. The number of unbranched alkanes of at least 4 members (excludes halogenated alkanes) is 15. The molecule has 0 saturated carbocycles. The van der Waals surface area contributed by atoms with Crippen molar-refractivity contribution in [2.24, 2.45) is 0 Å². The van der Waals surface area contributed by atoms with Gasteiger partial charge in [0.25, 0.3) is 0 Å². The molecule has 0 amide bonds. The first-order valence-corrected chi connectivity index (χ1v) is 12.9. The Morgan fingerprint density at radius 3 is 1.00 bits per heavy atom. The predicted octanol–water partition coefficient (Wildman–Crippen LogP) is 1.43. The Bertz CT molecular complexity index is 327. The molecule has 186 valence electrons. The maximum absolute atomic E-state index is 2.42. The number of nitrogens with zero attached hydrogens (tertiary/aromatic N) is 2. The summed E-state index contributed by atoms with van der Waals surface area (Å²) in [7, 11) is 11.7. The summed E-state index contributed by atoms with van der Waals surface area (Å²) in [6.07, 6.45) is 24.7. The molecule has 0 N–H and O–H groups in total. The average molecular weight is 470 g/mol.